The van der Waals surface area contributed by atoms with Crippen LogP contribution in [0, 0.1) is 0 Å². The lowest BCUT2D eigenvalue weighted by Gasteiger charge is -2.34. The highest BCUT2D eigenvalue weighted by molar-refractivity contribution is 9.10. The summed E-state index contributed by atoms with van der Waals surface area (Å²) in [7, 11) is 0. The van der Waals surface area contributed by atoms with Gasteiger partial charge in [0.2, 0.25) is 11.8 Å². The number of hydrogen-bond donors (Lipinski definition) is 1. The predicted molar refractivity (Wildman–Crippen MR) is 159 cm³/mol. The fraction of sp³-hybridized carbons (Fsp3) is 0.310. The summed E-state index contributed by atoms with van der Waals surface area (Å²) in [5.74, 6) is 0.491. The Hall–Kier alpha value is -1.99. The molecule has 0 bridgehead atoms. The van der Waals surface area contributed by atoms with E-state index in [1.807, 2.05) is 81.4 Å². The Bertz CT molecular complexity index is 1200. The van der Waals surface area contributed by atoms with Gasteiger partial charge in [-0.15, -0.1) is 11.8 Å². The fourth-order valence-corrected chi connectivity index (χ4v) is 5.50. The lowest BCUT2D eigenvalue weighted by molar-refractivity contribution is -0.140. The Morgan fingerprint density at radius 2 is 1.65 bits per heavy atom. The molecule has 4 nitrogen and oxygen atoms in total. The Labute approximate surface area is 242 Å². The standard InChI is InChI=1S/C29H31BrCl2N2O2S/c1-29(2,3)33-28(36)26(15-20-7-5-4-6-8-20)34(17-21-9-12-23(30)13-10-21)27(35)19-37-18-22-11-14-24(31)16-25(22)32/h4-14,16,26H,15,17-19H2,1-3H3,(H,33,36)/t26-/m0/s1. The molecule has 0 aliphatic heterocycles. The number of nitrogens with one attached hydrogen (secondary N) is 1. The molecule has 0 fully saturated rings. The number of thioether (sulfide) groups is 1. The quantitative estimate of drug-likeness (QED) is 0.254. The Kier molecular flexibility index (Phi) is 10.9. The van der Waals surface area contributed by atoms with E-state index in [4.69, 9.17) is 23.2 Å². The summed E-state index contributed by atoms with van der Waals surface area (Å²) in [4.78, 5) is 29.0. The van der Waals surface area contributed by atoms with Gasteiger partial charge in [0.25, 0.3) is 0 Å². The second-order valence-electron chi connectivity index (χ2n) is 9.82. The minimum absolute atomic E-state index is 0.108. The Balaban J connectivity index is 1.87. The number of hydrogen-bond acceptors (Lipinski definition) is 3. The zero-order chi connectivity index (χ0) is 27.0. The maximum absolute atomic E-state index is 13.7. The predicted octanol–water partition coefficient (Wildman–Crippen LogP) is 7.54. The first-order valence-electron chi connectivity index (χ1n) is 11.9. The zero-order valence-electron chi connectivity index (χ0n) is 21.1. The number of halogens is 3. The van der Waals surface area contributed by atoms with Crippen LogP contribution in [0.15, 0.2) is 77.3 Å². The molecule has 3 aromatic rings. The van der Waals surface area contributed by atoms with Gasteiger partial charge >= 0.3 is 0 Å². The molecule has 2 amide bonds. The highest BCUT2D eigenvalue weighted by atomic mass is 79.9. The molecule has 37 heavy (non-hydrogen) atoms. The van der Waals surface area contributed by atoms with Gasteiger partial charge in [0.15, 0.2) is 0 Å². The first kappa shape index (κ1) is 29.6. The normalized spacial score (nSPS) is 12.2. The first-order chi connectivity index (χ1) is 17.5. The van der Waals surface area contributed by atoms with E-state index in [9.17, 15) is 9.59 Å². The average molecular weight is 622 g/mol. The molecule has 0 saturated carbocycles. The van der Waals surface area contributed by atoms with Gasteiger partial charge in [-0.25, -0.2) is 0 Å². The van der Waals surface area contributed by atoms with Crippen LogP contribution in [0.25, 0.3) is 0 Å². The van der Waals surface area contributed by atoms with Crippen LogP contribution in [0.5, 0.6) is 0 Å². The van der Waals surface area contributed by atoms with Crippen molar-refractivity contribution < 1.29 is 9.59 Å². The fourth-order valence-electron chi connectivity index (χ4n) is 3.76. The molecule has 1 atom stereocenters. The summed E-state index contributed by atoms with van der Waals surface area (Å²) in [6.45, 7) is 6.15. The van der Waals surface area contributed by atoms with E-state index in [0.29, 0.717) is 28.8 Å². The van der Waals surface area contributed by atoms with Crippen LogP contribution in [0.2, 0.25) is 10.0 Å². The molecule has 0 aliphatic carbocycles. The second-order valence-corrected chi connectivity index (χ2v) is 12.6. The van der Waals surface area contributed by atoms with E-state index in [0.717, 1.165) is 21.2 Å². The van der Waals surface area contributed by atoms with Crippen LogP contribution in [0.3, 0.4) is 0 Å². The lowest BCUT2D eigenvalue weighted by atomic mass is 10.0. The minimum atomic E-state index is -0.669. The van der Waals surface area contributed by atoms with E-state index in [2.05, 4.69) is 21.2 Å². The third-order valence-electron chi connectivity index (χ3n) is 5.53. The first-order valence-corrected chi connectivity index (χ1v) is 14.6. The summed E-state index contributed by atoms with van der Waals surface area (Å²) < 4.78 is 0.954. The van der Waals surface area contributed by atoms with Crippen molar-refractivity contribution in [1.29, 1.82) is 0 Å². The number of carbonyl (C=O) groups excluding carboxylic acids is 2. The number of carbonyl (C=O) groups is 2. The smallest absolute Gasteiger partial charge is 0.243 e. The van der Waals surface area contributed by atoms with E-state index < -0.39 is 11.6 Å². The van der Waals surface area contributed by atoms with Crippen molar-refractivity contribution in [2.24, 2.45) is 0 Å². The van der Waals surface area contributed by atoms with E-state index in [1.165, 1.54) is 11.8 Å². The largest absolute Gasteiger partial charge is 0.350 e. The molecule has 0 aromatic heterocycles. The molecular formula is C29H31BrCl2N2O2S. The van der Waals surface area contributed by atoms with Crippen LogP contribution in [-0.4, -0.2) is 34.0 Å². The van der Waals surface area contributed by atoms with Crippen LogP contribution in [0.1, 0.15) is 37.5 Å². The maximum Gasteiger partial charge on any atom is 0.243 e. The zero-order valence-corrected chi connectivity index (χ0v) is 25.1. The number of benzene rings is 3. The SMILES string of the molecule is CC(C)(C)NC(=O)[C@H](Cc1ccccc1)N(Cc1ccc(Br)cc1)C(=O)CSCc1ccc(Cl)cc1Cl. The van der Waals surface area contributed by atoms with Crippen molar-refractivity contribution in [3.05, 3.63) is 104 Å². The van der Waals surface area contributed by atoms with Gasteiger partial charge in [-0.3, -0.25) is 9.59 Å². The second kappa shape index (κ2) is 13.7. The third-order valence-corrected chi connectivity index (χ3v) is 7.62. The van der Waals surface area contributed by atoms with Crippen LogP contribution in [-0.2, 0) is 28.3 Å². The summed E-state index contributed by atoms with van der Waals surface area (Å²) in [6.07, 6.45) is 0.415. The molecule has 0 spiro atoms. The summed E-state index contributed by atoms with van der Waals surface area (Å²) in [6, 6.07) is 22.3. The average Bonchev–Trinajstić information content (AvgIpc) is 2.83. The van der Waals surface area contributed by atoms with Crippen molar-refractivity contribution in [2.75, 3.05) is 5.75 Å². The Morgan fingerprint density at radius 3 is 2.27 bits per heavy atom. The van der Waals surface area contributed by atoms with Gasteiger partial charge in [0, 0.05) is 38.8 Å². The summed E-state index contributed by atoms with van der Waals surface area (Å²) in [5, 5.41) is 4.24. The molecule has 0 unspecified atom stereocenters. The molecule has 3 aromatic carbocycles. The molecule has 8 heteroatoms. The third kappa shape index (κ3) is 9.68. The maximum atomic E-state index is 13.7. The van der Waals surface area contributed by atoms with Crippen LogP contribution < -0.4 is 5.32 Å². The van der Waals surface area contributed by atoms with Crippen LogP contribution >= 0.6 is 50.9 Å². The van der Waals surface area contributed by atoms with Crippen molar-refractivity contribution in [3.63, 3.8) is 0 Å². The molecular weight excluding hydrogens is 591 g/mol. The van der Waals surface area contributed by atoms with Gasteiger partial charge in [0.1, 0.15) is 6.04 Å². The summed E-state index contributed by atoms with van der Waals surface area (Å²) in [5.41, 5.74) is 2.42. The molecule has 1 N–H and O–H groups in total. The molecule has 0 radical (unpaired) electrons. The lowest BCUT2D eigenvalue weighted by Crippen LogP contribution is -2.54. The van der Waals surface area contributed by atoms with E-state index in [-0.39, 0.29) is 17.6 Å². The monoisotopic (exact) mass is 620 g/mol. The highest BCUT2D eigenvalue weighted by Gasteiger charge is 2.32. The number of amides is 2. The molecule has 0 saturated heterocycles. The van der Waals surface area contributed by atoms with Crippen molar-refractivity contribution in [2.45, 2.75) is 51.1 Å². The Morgan fingerprint density at radius 1 is 0.973 bits per heavy atom. The van der Waals surface area contributed by atoms with Crippen molar-refractivity contribution in [1.82, 2.24) is 10.2 Å². The molecule has 196 valence electrons. The van der Waals surface area contributed by atoms with E-state index in [1.54, 1.807) is 17.0 Å². The van der Waals surface area contributed by atoms with Crippen molar-refractivity contribution >= 4 is 62.7 Å². The minimum Gasteiger partial charge on any atom is -0.350 e. The molecule has 0 heterocycles. The van der Waals surface area contributed by atoms with Gasteiger partial charge in [-0.2, -0.15) is 0 Å². The van der Waals surface area contributed by atoms with Gasteiger partial charge in [0.05, 0.1) is 5.75 Å². The topological polar surface area (TPSA) is 49.4 Å². The van der Waals surface area contributed by atoms with Crippen LogP contribution in [0.4, 0.5) is 0 Å². The molecule has 3 rings (SSSR count). The van der Waals surface area contributed by atoms with Gasteiger partial charge in [-0.1, -0.05) is 87.7 Å². The van der Waals surface area contributed by atoms with E-state index >= 15 is 0 Å². The highest BCUT2D eigenvalue weighted by Crippen LogP contribution is 2.26. The van der Waals surface area contributed by atoms with Crippen molar-refractivity contribution in [3.8, 4) is 0 Å². The number of nitrogens with zero attached hydrogens (tertiary/aromatic N) is 1. The molecule has 0 aliphatic rings. The summed E-state index contributed by atoms with van der Waals surface area (Å²) >= 11 is 17.3. The van der Waals surface area contributed by atoms with Gasteiger partial charge in [-0.05, 0) is 61.7 Å². The van der Waals surface area contributed by atoms with Gasteiger partial charge < -0.3 is 10.2 Å². The number of rotatable bonds is 10.